The Labute approximate surface area is 131 Å². The molecule has 22 heavy (non-hydrogen) atoms. The summed E-state index contributed by atoms with van der Waals surface area (Å²) in [7, 11) is 0. The second-order valence-electron chi connectivity index (χ2n) is 4.44. The van der Waals surface area contributed by atoms with Crippen molar-refractivity contribution < 1.29 is 23.5 Å². The van der Waals surface area contributed by atoms with Gasteiger partial charge in [-0.2, -0.15) is 0 Å². The zero-order chi connectivity index (χ0) is 16.1. The summed E-state index contributed by atoms with van der Waals surface area (Å²) in [5.74, 6) is -1.28. The van der Waals surface area contributed by atoms with Crippen molar-refractivity contribution in [3.63, 3.8) is 0 Å². The highest BCUT2D eigenvalue weighted by Crippen LogP contribution is 2.32. The zero-order valence-electron chi connectivity index (χ0n) is 11.9. The van der Waals surface area contributed by atoms with E-state index in [1.165, 1.54) is 30.3 Å². The van der Waals surface area contributed by atoms with Gasteiger partial charge in [-0.05, 0) is 42.5 Å². The topological polar surface area (TPSA) is 63.7 Å². The number of benzene rings is 1. The Kier molecular flexibility index (Phi) is 5.32. The molecule has 0 atom stereocenters. The Hall–Kier alpha value is -2.15. The van der Waals surface area contributed by atoms with Crippen molar-refractivity contribution in [1.29, 1.82) is 0 Å². The maximum absolute atomic E-state index is 12.8. The lowest BCUT2D eigenvalue weighted by atomic mass is 10.2. The van der Waals surface area contributed by atoms with Crippen LogP contribution < -0.4 is 0 Å². The van der Waals surface area contributed by atoms with Crippen molar-refractivity contribution in [2.75, 3.05) is 13.2 Å². The molecule has 0 saturated carbocycles. The summed E-state index contributed by atoms with van der Waals surface area (Å²) in [6.07, 6.45) is 1.49. The predicted octanol–water partition coefficient (Wildman–Crippen LogP) is 2.82. The highest BCUT2D eigenvalue weighted by Gasteiger charge is 2.35. The molecule has 0 spiro atoms. The fourth-order valence-electron chi connectivity index (χ4n) is 1.84. The van der Waals surface area contributed by atoms with Gasteiger partial charge in [0.25, 0.3) is 11.1 Å². The summed E-state index contributed by atoms with van der Waals surface area (Å²) < 4.78 is 17.6. The number of amides is 2. The number of hydrogen-bond acceptors (Lipinski definition) is 5. The van der Waals surface area contributed by atoms with Crippen molar-refractivity contribution >= 4 is 35.0 Å². The molecular weight excluding hydrogens is 309 g/mol. The van der Waals surface area contributed by atoms with E-state index in [1.54, 1.807) is 6.92 Å². The summed E-state index contributed by atoms with van der Waals surface area (Å²) in [6.45, 7) is 1.93. The summed E-state index contributed by atoms with van der Waals surface area (Å²) >= 11 is 0.799. The molecule has 1 aliphatic rings. The summed E-state index contributed by atoms with van der Waals surface area (Å²) in [6, 6.07) is 5.58. The molecule has 0 bridgehead atoms. The number of carbonyl (C=O) groups excluding carboxylic acids is 3. The molecule has 1 heterocycles. The van der Waals surface area contributed by atoms with E-state index < -0.39 is 17.1 Å². The lowest BCUT2D eigenvalue weighted by Gasteiger charge is -2.11. The van der Waals surface area contributed by atoms with Crippen LogP contribution in [0.25, 0.3) is 6.08 Å². The third-order valence-electron chi connectivity index (χ3n) is 2.89. The number of ether oxygens (including phenoxy) is 1. The number of halogens is 1. The maximum Gasteiger partial charge on any atom is 0.307 e. The SMILES string of the molecule is CCOC(=O)CCN1C(=O)S/C(=C\c2ccc(F)cc2)C1=O. The van der Waals surface area contributed by atoms with E-state index in [4.69, 9.17) is 4.74 Å². The lowest BCUT2D eigenvalue weighted by molar-refractivity contribution is -0.143. The van der Waals surface area contributed by atoms with E-state index in [9.17, 15) is 18.8 Å². The third-order valence-corrected chi connectivity index (χ3v) is 3.79. The Bertz CT molecular complexity index is 627. The number of carbonyl (C=O) groups is 3. The van der Waals surface area contributed by atoms with Gasteiger partial charge in [-0.15, -0.1) is 0 Å². The predicted molar refractivity (Wildman–Crippen MR) is 80.3 cm³/mol. The Morgan fingerprint density at radius 3 is 2.64 bits per heavy atom. The van der Waals surface area contributed by atoms with Gasteiger partial charge in [-0.3, -0.25) is 19.3 Å². The second kappa shape index (κ2) is 7.22. The number of esters is 1. The fourth-order valence-corrected chi connectivity index (χ4v) is 2.70. The molecule has 1 aromatic rings. The van der Waals surface area contributed by atoms with E-state index in [0.717, 1.165) is 16.7 Å². The van der Waals surface area contributed by atoms with E-state index >= 15 is 0 Å². The minimum Gasteiger partial charge on any atom is -0.466 e. The molecule has 1 aromatic carbocycles. The molecule has 0 unspecified atom stereocenters. The van der Waals surface area contributed by atoms with Crippen LogP contribution in [0, 0.1) is 5.82 Å². The second-order valence-corrected chi connectivity index (χ2v) is 5.43. The molecule has 2 rings (SSSR count). The van der Waals surface area contributed by atoms with Gasteiger partial charge in [-0.1, -0.05) is 12.1 Å². The van der Waals surface area contributed by atoms with Gasteiger partial charge in [0.2, 0.25) is 0 Å². The van der Waals surface area contributed by atoms with E-state index in [2.05, 4.69) is 0 Å². The van der Waals surface area contributed by atoms with Crippen LogP contribution in [-0.4, -0.2) is 35.2 Å². The normalized spacial score (nSPS) is 16.5. The molecule has 0 aromatic heterocycles. The third kappa shape index (κ3) is 3.94. The molecule has 1 fully saturated rings. The molecular formula is C15H14FNO4S. The first-order valence-corrected chi connectivity index (χ1v) is 7.49. The number of imide groups is 1. The fraction of sp³-hybridized carbons (Fsp3) is 0.267. The van der Waals surface area contributed by atoms with Gasteiger partial charge in [0, 0.05) is 6.54 Å². The average Bonchev–Trinajstić information content (AvgIpc) is 2.74. The first-order chi connectivity index (χ1) is 10.5. The lowest BCUT2D eigenvalue weighted by Crippen LogP contribution is -2.30. The van der Waals surface area contributed by atoms with Crippen LogP contribution in [0.5, 0.6) is 0 Å². The van der Waals surface area contributed by atoms with Crippen LogP contribution in [0.3, 0.4) is 0 Å². The number of rotatable bonds is 5. The quantitative estimate of drug-likeness (QED) is 0.616. The van der Waals surface area contributed by atoms with Crippen LogP contribution in [0.2, 0.25) is 0 Å². The van der Waals surface area contributed by atoms with Crippen molar-refractivity contribution in [2.45, 2.75) is 13.3 Å². The largest absolute Gasteiger partial charge is 0.466 e. The van der Waals surface area contributed by atoms with Crippen LogP contribution in [0.1, 0.15) is 18.9 Å². The van der Waals surface area contributed by atoms with Crippen molar-refractivity contribution in [3.05, 3.63) is 40.6 Å². The maximum atomic E-state index is 12.8. The standard InChI is InChI=1S/C15H14FNO4S/c1-2-21-13(18)7-8-17-14(19)12(22-15(17)20)9-10-3-5-11(16)6-4-10/h3-6,9H,2,7-8H2,1H3/b12-9-. The van der Waals surface area contributed by atoms with Crippen LogP contribution in [0.4, 0.5) is 9.18 Å². The summed E-state index contributed by atoms with van der Waals surface area (Å²) in [5, 5.41) is -0.428. The summed E-state index contributed by atoms with van der Waals surface area (Å²) in [4.78, 5) is 36.5. The Morgan fingerprint density at radius 1 is 1.32 bits per heavy atom. The monoisotopic (exact) mass is 323 g/mol. The molecule has 7 heteroatoms. The van der Waals surface area contributed by atoms with Gasteiger partial charge < -0.3 is 4.74 Å². The van der Waals surface area contributed by atoms with Crippen LogP contribution in [-0.2, 0) is 14.3 Å². The Morgan fingerprint density at radius 2 is 2.00 bits per heavy atom. The molecule has 2 amide bonds. The first kappa shape index (κ1) is 16.2. The molecule has 0 radical (unpaired) electrons. The van der Waals surface area contributed by atoms with Crippen molar-refractivity contribution in [2.24, 2.45) is 0 Å². The van der Waals surface area contributed by atoms with Crippen molar-refractivity contribution in [3.8, 4) is 0 Å². The summed E-state index contributed by atoms with van der Waals surface area (Å²) in [5.41, 5.74) is 0.622. The van der Waals surface area contributed by atoms with Crippen LogP contribution >= 0.6 is 11.8 Å². The van der Waals surface area contributed by atoms with Gasteiger partial charge in [0.15, 0.2) is 0 Å². The van der Waals surface area contributed by atoms with Crippen LogP contribution in [0.15, 0.2) is 29.2 Å². The smallest absolute Gasteiger partial charge is 0.307 e. The number of thioether (sulfide) groups is 1. The Balaban J connectivity index is 2.05. The van der Waals surface area contributed by atoms with E-state index in [1.807, 2.05) is 0 Å². The van der Waals surface area contributed by atoms with Gasteiger partial charge in [0.1, 0.15) is 5.82 Å². The molecule has 0 N–H and O–H groups in total. The molecule has 5 nitrogen and oxygen atoms in total. The molecule has 1 aliphatic heterocycles. The van der Waals surface area contributed by atoms with Crippen molar-refractivity contribution in [1.82, 2.24) is 4.90 Å². The molecule has 116 valence electrons. The minimum atomic E-state index is -0.455. The highest BCUT2D eigenvalue weighted by atomic mass is 32.2. The van der Waals surface area contributed by atoms with Gasteiger partial charge in [-0.25, -0.2) is 4.39 Å². The zero-order valence-corrected chi connectivity index (χ0v) is 12.7. The van der Waals surface area contributed by atoms with E-state index in [0.29, 0.717) is 5.56 Å². The number of hydrogen-bond donors (Lipinski definition) is 0. The van der Waals surface area contributed by atoms with Gasteiger partial charge >= 0.3 is 5.97 Å². The minimum absolute atomic E-state index is 0.00966. The highest BCUT2D eigenvalue weighted by molar-refractivity contribution is 8.18. The first-order valence-electron chi connectivity index (χ1n) is 6.68. The van der Waals surface area contributed by atoms with Gasteiger partial charge in [0.05, 0.1) is 17.9 Å². The number of nitrogens with zero attached hydrogens (tertiary/aromatic N) is 1. The molecule has 1 saturated heterocycles. The average molecular weight is 323 g/mol. The molecule has 0 aliphatic carbocycles. The van der Waals surface area contributed by atoms with E-state index in [-0.39, 0.29) is 30.3 Å².